The third kappa shape index (κ3) is 5.03. The number of nitrogens with one attached hydrogen (secondary N) is 1. The monoisotopic (exact) mass is 433 g/mol. The van der Waals surface area contributed by atoms with Crippen molar-refractivity contribution in [2.45, 2.75) is 37.2 Å². The van der Waals surface area contributed by atoms with Gasteiger partial charge in [-0.15, -0.1) is 10.2 Å². The Balaban J connectivity index is 1.53. The fourth-order valence-electron chi connectivity index (χ4n) is 3.06. The van der Waals surface area contributed by atoms with Gasteiger partial charge in [-0.1, -0.05) is 30.8 Å². The Morgan fingerprint density at radius 2 is 2.00 bits per heavy atom. The summed E-state index contributed by atoms with van der Waals surface area (Å²) >= 11 is 1.36. The minimum atomic E-state index is -0.368. The zero-order chi connectivity index (χ0) is 21.6. The van der Waals surface area contributed by atoms with Gasteiger partial charge in [0.2, 0.25) is 5.91 Å². The molecule has 0 radical (unpaired) electrons. The number of thioether (sulfide) groups is 1. The van der Waals surface area contributed by atoms with Gasteiger partial charge in [0.15, 0.2) is 11.0 Å². The highest BCUT2D eigenvalue weighted by atomic mass is 32.2. The van der Waals surface area contributed by atoms with Crippen molar-refractivity contribution < 1.29 is 9.21 Å². The third-order valence-corrected chi connectivity index (χ3v) is 5.89. The second-order valence-electron chi connectivity index (χ2n) is 7.01. The highest BCUT2D eigenvalue weighted by molar-refractivity contribution is 8.00. The summed E-state index contributed by atoms with van der Waals surface area (Å²) in [6.07, 6.45) is 6.06. The largest absolute Gasteiger partial charge is 0.467 e. The Morgan fingerprint density at radius 3 is 2.68 bits per heavy atom. The fourth-order valence-corrected chi connectivity index (χ4v) is 3.91. The van der Waals surface area contributed by atoms with E-state index in [9.17, 15) is 4.79 Å². The zero-order valence-electron chi connectivity index (χ0n) is 17.4. The maximum absolute atomic E-state index is 12.8. The second-order valence-corrected chi connectivity index (χ2v) is 8.32. The van der Waals surface area contributed by atoms with Crippen LogP contribution in [0.5, 0.6) is 0 Å². The molecule has 0 fully saturated rings. The number of amides is 1. The van der Waals surface area contributed by atoms with Gasteiger partial charge in [0.05, 0.1) is 18.1 Å². The first-order chi connectivity index (χ1) is 15.1. The molecule has 7 nitrogen and oxygen atoms in total. The van der Waals surface area contributed by atoms with Crippen molar-refractivity contribution in [3.8, 4) is 11.4 Å². The van der Waals surface area contributed by atoms with Gasteiger partial charge in [-0.3, -0.25) is 14.3 Å². The Hall–Kier alpha value is -3.39. The van der Waals surface area contributed by atoms with Crippen molar-refractivity contribution >= 4 is 23.4 Å². The molecule has 8 heteroatoms. The molecule has 1 N–H and O–H groups in total. The first-order valence-electron chi connectivity index (χ1n) is 10.1. The predicted octanol–water partition coefficient (Wildman–Crippen LogP) is 4.66. The summed E-state index contributed by atoms with van der Waals surface area (Å²) in [5.74, 6) is 1.36. The van der Waals surface area contributed by atoms with Crippen molar-refractivity contribution in [3.63, 3.8) is 0 Å². The van der Waals surface area contributed by atoms with E-state index < -0.39 is 0 Å². The number of hydrogen-bond acceptors (Lipinski definition) is 6. The van der Waals surface area contributed by atoms with E-state index in [1.807, 2.05) is 60.0 Å². The summed E-state index contributed by atoms with van der Waals surface area (Å²) in [5, 5.41) is 12.0. The Morgan fingerprint density at radius 1 is 1.16 bits per heavy atom. The Labute approximate surface area is 184 Å². The van der Waals surface area contributed by atoms with E-state index in [-0.39, 0.29) is 11.2 Å². The summed E-state index contributed by atoms with van der Waals surface area (Å²) < 4.78 is 7.47. The predicted molar refractivity (Wildman–Crippen MR) is 121 cm³/mol. The maximum Gasteiger partial charge on any atom is 0.237 e. The maximum atomic E-state index is 12.8. The number of carbonyl (C=O) groups excluding carboxylic acids is 1. The van der Waals surface area contributed by atoms with Gasteiger partial charge in [0, 0.05) is 23.6 Å². The van der Waals surface area contributed by atoms with E-state index in [0.717, 1.165) is 23.4 Å². The van der Waals surface area contributed by atoms with Crippen LogP contribution in [0.2, 0.25) is 0 Å². The van der Waals surface area contributed by atoms with E-state index in [4.69, 9.17) is 4.42 Å². The number of carbonyl (C=O) groups is 1. The number of pyridine rings is 1. The second kappa shape index (κ2) is 9.61. The van der Waals surface area contributed by atoms with Crippen LogP contribution in [0.1, 0.15) is 25.2 Å². The normalized spacial score (nSPS) is 11.9. The molecule has 1 aromatic carbocycles. The van der Waals surface area contributed by atoms with Crippen molar-refractivity contribution in [2.24, 2.45) is 0 Å². The van der Waals surface area contributed by atoms with Crippen molar-refractivity contribution in [1.82, 2.24) is 19.7 Å². The number of hydrogen-bond donors (Lipinski definition) is 1. The number of aromatic nitrogens is 4. The van der Waals surface area contributed by atoms with E-state index in [1.54, 1.807) is 18.7 Å². The number of furan rings is 1. The fraction of sp³-hybridized carbons (Fsp3) is 0.217. The number of nitrogens with zero attached hydrogens (tertiary/aromatic N) is 4. The van der Waals surface area contributed by atoms with Crippen LogP contribution in [-0.4, -0.2) is 30.9 Å². The van der Waals surface area contributed by atoms with E-state index in [2.05, 4.69) is 27.4 Å². The van der Waals surface area contributed by atoms with Crippen LogP contribution in [0.25, 0.3) is 11.4 Å². The lowest BCUT2D eigenvalue weighted by Gasteiger charge is -2.13. The standard InChI is InChI=1S/C23H23N5O2S/c1-3-17-8-10-19(11-9-17)25-22(29)16(2)31-23-27-26-21(18-6-4-12-24-14-18)28(23)15-20-7-5-13-30-20/h4-14,16H,3,15H2,1-2H3,(H,25,29). The first-order valence-corrected chi connectivity index (χ1v) is 10.9. The molecule has 0 saturated carbocycles. The smallest absolute Gasteiger partial charge is 0.237 e. The lowest BCUT2D eigenvalue weighted by Crippen LogP contribution is -2.23. The summed E-state index contributed by atoms with van der Waals surface area (Å²) in [4.78, 5) is 16.9. The number of benzene rings is 1. The zero-order valence-corrected chi connectivity index (χ0v) is 18.2. The Bertz CT molecular complexity index is 1120. The quantitative estimate of drug-likeness (QED) is 0.407. The van der Waals surface area contributed by atoms with Crippen molar-refractivity contribution in [2.75, 3.05) is 5.32 Å². The average molecular weight is 434 g/mol. The molecule has 4 aromatic rings. The molecule has 158 valence electrons. The van der Waals surface area contributed by atoms with Crippen LogP contribution in [-0.2, 0) is 17.8 Å². The molecule has 31 heavy (non-hydrogen) atoms. The first kappa shape index (κ1) is 20.9. The summed E-state index contributed by atoms with van der Waals surface area (Å²) in [7, 11) is 0. The highest BCUT2D eigenvalue weighted by Crippen LogP contribution is 2.28. The third-order valence-electron chi connectivity index (χ3n) is 4.81. The molecule has 0 bridgehead atoms. The van der Waals surface area contributed by atoms with Crippen LogP contribution < -0.4 is 5.32 Å². The number of aryl methyl sites for hydroxylation is 1. The highest BCUT2D eigenvalue weighted by Gasteiger charge is 2.22. The average Bonchev–Trinajstić information content (AvgIpc) is 3.45. The molecular weight excluding hydrogens is 410 g/mol. The molecule has 3 aromatic heterocycles. The van der Waals surface area contributed by atoms with Gasteiger partial charge in [0.1, 0.15) is 5.76 Å². The molecule has 4 rings (SSSR count). The molecule has 1 unspecified atom stereocenters. The lowest BCUT2D eigenvalue weighted by molar-refractivity contribution is -0.115. The van der Waals surface area contributed by atoms with E-state index >= 15 is 0 Å². The summed E-state index contributed by atoms with van der Waals surface area (Å²) in [6, 6.07) is 15.4. The van der Waals surface area contributed by atoms with Gasteiger partial charge in [0.25, 0.3) is 0 Å². The van der Waals surface area contributed by atoms with Crippen LogP contribution in [0.4, 0.5) is 5.69 Å². The van der Waals surface area contributed by atoms with Crippen molar-refractivity contribution in [1.29, 1.82) is 0 Å². The molecule has 1 amide bonds. The van der Waals surface area contributed by atoms with Crippen LogP contribution in [0.15, 0.2) is 76.8 Å². The number of anilines is 1. The van der Waals surface area contributed by atoms with E-state index in [0.29, 0.717) is 17.5 Å². The van der Waals surface area contributed by atoms with Gasteiger partial charge in [-0.2, -0.15) is 0 Å². The topological polar surface area (TPSA) is 85.8 Å². The summed E-state index contributed by atoms with van der Waals surface area (Å²) in [6.45, 7) is 4.42. The van der Waals surface area contributed by atoms with Crippen LogP contribution in [0.3, 0.4) is 0 Å². The van der Waals surface area contributed by atoms with Crippen molar-refractivity contribution in [3.05, 3.63) is 78.5 Å². The molecule has 0 saturated heterocycles. The van der Waals surface area contributed by atoms with Gasteiger partial charge >= 0.3 is 0 Å². The van der Waals surface area contributed by atoms with Gasteiger partial charge in [-0.05, 0) is 55.3 Å². The van der Waals surface area contributed by atoms with E-state index in [1.165, 1.54) is 17.3 Å². The molecule has 1 atom stereocenters. The van der Waals surface area contributed by atoms with Gasteiger partial charge in [-0.25, -0.2) is 0 Å². The number of rotatable bonds is 8. The molecule has 0 aliphatic carbocycles. The Kier molecular flexibility index (Phi) is 6.47. The minimum absolute atomic E-state index is 0.0928. The lowest BCUT2D eigenvalue weighted by atomic mass is 10.1. The molecule has 0 aliphatic rings. The molecule has 0 spiro atoms. The summed E-state index contributed by atoms with van der Waals surface area (Å²) in [5.41, 5.74) is 2.86. The molecule has 0 aliphatic heterocycles. The molecule has 3 heterocycles. The van der Waals surface area contributed by atoms with Crippen LogP contribution in [0, 0.1) is 0 Å². The SMILES string of the molecule is CCc1ccc(NC(=O)C(C)Sc2nnc(-c3cccnc3)n2Cc2ccco2)cc1. The van der Waals surface area contributed by atoms with Crippen LogP contribution >= 0.6 is 11.8 Å². The minimum Gasteiger partial charge on any atom is -0.467 e. The van der Waals surface area contributed by atoms with Gasteiger partial charge < -0.3 is 9.73 Å². The molecular formula is C23H23N5O2S.